The maximum absolute atomic E-state index is 13.5. The van der Waals surface area contributed by atoms with Crippen molar-refractivity contribution in [3.05, 3.63) is 74.6 Å². The Morgan fingerprint density at radius 1 is 1.20 bits per heavy atom. The zero-order valence-corrected chi connectivity index (χ0v) is 20.4. The summed E-state index contributed by atoms with van der Waals surface area (Å²) in [6.07, 6.45) is 9.03. The zero-order valence-electron chi connectivity index (χ0n) is 19.6. The van der Waals surface area contributed by atoms with Gasteiger partial charge >= 0.3 is 5.69 Å². The van der Waals surface area contributed by atoms with Crippen molar-refractivity contribution >= 4 is 20.9 Å². The summed E-state index contributed by atoms with van der Waals surface area (Å²) in [6, 6.07) is 6.06. The fraction of sp³-hybridized carbons (Fsp3) is 0.375. The van der Waals surface area contributed by atoms with E-state index in [1.807, 2.05) is 30.4 Å². The largest absolute Gasteiger partial charge is 0.391 e. The van der Waals surface area contributed by atoms with Crippen LogP contribution in [0, 0.1) is 11.3 Å². The molecule has 1 aromatic carbocycles. The summed E-state index contributed by atoms with van der Waals surface area (Å²) >= 11 is 0. The van der Waals surface area contributed by atoms with Gasteiger partial charge in [0.15, 0.2) is 0 Å². The summed E-state index contributed by atoms with van der Waals surface area (Å²) in [5.41, 5.74) is -0.245. The van der Waals surface area contributed by atoms with E-state index in [1.54, 1.807) is 7.05 Å². The van der Waals surface area contributed by atoms with Crippen LogP contribution in [-0.2, 0) is 27.8 Å². The molecule has 10 nitrogen and oxygen atoms in total. The number of aromatic nitrogens is 2. The number of sulfonamides is 1. The Morgan fingerprint density at radius 3 is 2.63 bits per heavy atom. The molecule has 0 atom stereocenters. The van der Waals surface area contributed by atoms with E-state index < -0.39 is 26.8 Å². The Bertz CT molecular complexity index is 1520. The van der Waals surface area contributed by atoms with Crippen LogP contribution in [0.2, 0.25) is 0 Å². The second kappa shape index (κ2) is 9.65. The number of nitrogens with zero attached hydrogens (tertiary/aromatic N) is 3. The minimum absolute atomic E-state index is 0.0156. The lowest BCUT2D eigenvalue weighted by molar-refractivity contribution is 0.186. The van der Waals surface area contributed by atoms with Gasteiger partial charge in [0.25, 0.3) is 5.56 Å². The number of benzene rings is 1. The van der Waals surface area contributed by atoms with Crippen LogP contribution in [0.5, 0.6) is 0 Å². The van der Waals surface area contributed by atoms with Crippen molar-refractivity contribution in [2.75, 3.05) is 20.8 Å². The molecule has 1 heterocycles. The average molecular weight is 498 g/mol. The number of hydrogen-bond acceptors (Lipinski definition) is 7. The number of ether oxygens (including phenoxy) is 1. The molecule has 0 radical (unpaired) electrons. The first-order valence-corrected chi connectivity index (χ1v) is 12.7. The SMILES string of the molecule is CNC1=C(Cn2c(=O)c3cc(S(=O)(=O)NC4(C#N)CC4)ccc3n(CCOC)c2=O)C=CC=CC1. The zero-order chi connectivity index (χ0) is 25.2. The molecule has 0 aliphatic heterocycles. The molecule has 1 fully saturated rings. The fourth-order valence-electron chi connectivity index (χ4n) is 4.03. The Kier molecular flexibility index (Phi) is 6.80. The second-order valence-electron chi connectivity index (χ2n) is 8.54. The topological polar surface area (TPSA) is 135 Å². The predicted octanol–water partition coefficient (Wildman–Crippen LogP) is 1.13. The third-order valence-electron chi connectivity index (χ3n) is 6.20. The number of nitriles is 1. The monoisotopic (exact) mass is 497 g/mol. The molecule has 2 N–H and O–H groups in total. The van der Waals surface area contributed by atoms with Crippen LogP contribution in [0.3, 0.4) is 0 Å². The summed E-state index contributed by atoms with van der Waals surface area (Å²) in [6.45, 7) is 0.429. The van der Waals surface area contributed by atoms with E-state index in [1.165, 1.54) is 29.9 Å². The molecule has 1 aromatic heterocycles. The molecule has 0 spiro atoms. The average Bonchev–Trinajstić information content (AvgIpc) is 3.65. The molecule has 2 aliphatic carbocycles. The van der Waals surface area contributed by atoms with Gasteiger partial charge in [0.2, 0.25) is 10.0 Å². The van der Waals surface area contributed by atoms with Gasteiger partial charge in [0, 0.05) is 26.3 Å². The molecular formula is C24H27N5O5S. The van der Waals surface area contributed by atoms with E-state index in [0.717, 1.165) is 15.8 Å². The number of methoxy groups -OCH3 is 1. The molecule has 35 heavy (non-hydrogen) atoms. The highest BCUT2D eigenvalue weighted by Crippen LogP contribution is 2.36. The summed E-state index contributed by atoms with van der Waals surface area (Å²) in [5.74, 6) is 0. The number of allylic oxidation sites excluding steroid dienone is 5. The Labute approximate surface area is 202 Å². The van der Waals surface area contributed by atoms with E-state index in [2.05, 4.69) is 10.0 Å². The molecule has 0 bridgehead atoms. The third kappa shape index (κ3) is 4.86. The minimum Gasteiger partial charge on any atom is -0.391 e. The van der Waals surface area contributed by atoms with Crippen LogP contribution >= 0.6 is 0 Å². The van der Waals surface area contributed by atoms with Crippen LogP contribution in [-0.4, -0.2) is 43.9 Å². The molecule has 0 saturated heterocycles. The minimum atomic E-state index is -4.04. The van der Waals surface area contributed by atoms with Crippen LogP contribution in [0.1, 0.15) is 19.3 Å². The van der Waals surface area contributed by atoms with Crippen molar-refractivity contribution in [3.8, 4) is 6.07 Å². The van der Waals surface area contributed by atoms with Crippen molar-refractivity contribution in [1.29, 1.82) is 5.26 Å². The first-order chi connectivity index (χ1) is 16.7. The molecule has 0 unspecified atom stereocenters. The fourth-order valence-corrected chi connectivity index (χ4v) is 5.44. The summed E-state index contributed by atoms with van der Waals surface area (Å²) in [7, 11) is -0.757. The molecule has 2 aliphatic rings. The highest BCUT2D eigenvalue weighted by Gasteiger charge is 2.46. The summed E-state index contributed by atoms with van der Waals surface area (Å²) < 4.78 is 36.0. The van der Waals surface area contributed by atoms with Crippen molar-refractivity contribution in [2.24, 2.45) is 0 Å². The Balaban J connectivity index is 1.88. The van der Waals surface area contributed by atoms with Crippen molar-refractivity contribution in [1.82, 2.24) is 19.2 Å². The van der Waals surface area contributed by atoms with E-state index in [-0.39, 0.29) is 30.0 Å². The molecule has 2 aromatic rings. The number of rotatable bonds is 9. The molecule has 11 heteroatoms. The molecule has 4 rings (SSSR count). The van der Waals surface area contributed by atoms with Crippen LogP contribution < -0.4 is 21.3 Å². The third-order valence-corrected chi connectivity index (χ3v) is 7.74. The van der Waals surface area contributed by atoms with Crippen LogP contribution in [0.25, 0.3) is 10.9 Å². The van der Waals surface area contributed by atoms with Crippen molar-refractivity contribution in [2.45, 2.75) is 42.8 Å². The Hall–Kier alpha value is -3.46. The lowest BCUT2D eigenvalue weighted by atomic mass is 10.1. The maximum atomic E-state index is 13.5. The predicted molar refractivity (Wildman–Crippen MR) is 131 cm³/mol. The number of fused-ring (bicyclic) bond motifs is 1. The van der Waals surface area contributed by atoms with Gasteiger partial charge in [0.05, 0.1) is 41.6 Å². The molecular weight excluding hydrogens is 470 g/mol. The van der Waals surface area contributed by atoms with E-state index in [9.17, 15) is 23.3 Å². The van der Waals surface area contributed by atoms with Gasteiger partial charge in [-0.25, -0.2) is 13.2 Å². The molecule has 1 saturated carbocycles. The van der Waals surface area contributed by atoms with Gasteiger partial charge in [-0.05, 0) is 36.6 Å². The lowest BCUT2D eigenvalue weighted by Gasteiger charge is -2.17. The number of nitrogens with one attached hydrogen (secondary N) is 2. The quantitative estimate of drug-likeness (QED) is 0.530. The van der Waals surface area contributed by atoms with Crippen LogP contribution in [0.4, 0.5) is 0 Å². The van der Waals surface area contributed by atoms with Crippen molar-refractivity contribution < 1.29 is 13.2 Å². The maximum Gasteiger partial charge on any atom is 0.331 e. The second-order valence-corrected chi connectivity index (χ2v) is 10.2. The van der Waals surface area contributed by atoms with E-state index >= 15 is 0 Å². The highest BCUT2D eigenvalue weighted by molar-refractivity contribution is 7.89. The normalized spacial score (nSPS) is 16.8. The van der Waals surface area contributed by atoms with Gasteiger partial charge in [-0.1, -0.05) is 24.3 Å². The first-order valence-electron chi connectivity index (χ1n) is 11.2. The highest BCUT2D eigenvalue weighted by atomic mass is 32.2. The molecule has 0 amide bonds. The summed E-state index contributed by atoms with van der Waals surface area (Å²) in [4.78, 5) is 26.8. The van der Waals surface area contributed by atoms with Gasteiger partial charge < -0.3 is 10.1 Å². The standard InChI is InChI=1S/C24H27N5O5S/c1-26-20-7-5-3-4-6-17(20)15-29-22(30)19-14-18(35(32,33)27-24(16-25)10-11-24)8-9-21(19)28(23(29)31)12-13-34-2/h3-6,8-9,14,26-27H,7,10-13,15H2,1-2H3. The van der Waals surface area contributed by atoms with Gasteiger partial charge in [-0.2, -0.15) is 9.98 Å². The van der Waals surface area contributed by atoms with Gasteiger partial charge in [0.1, 0.15) is 5.54 Å². The Morgan fingerprint density at radius 2 is 1.97 bits per heavy atom. The summed E-state index contributed by atoms with van der Waals surface area (Å²) in [5, 5.41) is 12.5. The molecule has 184 valence electrons. The van der Waals surface area contributed by atoms with E-state index in [4.69, 9.17) is 4.74 Å². The smallest absolute Gasteiger partial charge is 0.331 e. The van der Waals surface area contributed by atoms with Crippen LogP contribution in [0.15, 0.2) is 68.3 Å². The van der Waals surface area contributed by atoms with Gasteiger partial charge in [-0.3, -0.25) is 13.9 Å². The van der Waals surface area contributed by atoms with Gasteiger partial charge in [-0.15, -0.1) is 0 Å². The first kappa shape index (κ1) is 24.7. The van der Waals surface area contributed by atoms with Crippen molar-refractivity contribution in [3.63, 3.8) is 0 Å². The van der Waals surface area contributed by atoms with E-state index in [0.29, 0.717) is 24.8 Å². The lowest BCUT2D eigenvalue weighted by Crippen LogP contribution is -2.41. The number of hydrogen-bond donors (Lipinski definition) is 2.